The number of nitrogens with one attached hydrogen (secondary N) is 2. The molecule has 3 N–H and O–H groups in total. The summed E-state index contributed by atoms with van der Waals surface area (Å²) in [5.74, 6) is -0.857. The predicted octanol–water partition coefficient (Wildman–Crippen LogP) is 5.50. The van der Waals surface area contributed by atoms with Crippen LogP contribution in [-0.2, 0) is 11.2 Å². The maximum atomic E-state index is 11.6. The molecule has 0 spiro atoms. The van der Waals surface area contributed by atoms with Crippen LogP contribution in [-0.4, -0.2) is 23.1 Å². The average Bonchev–Trinajstić information content (AvgIpc) is 3.32. The van der Waals surface area contributed by atoms with Crippen molar-refractivity contribution in [3.8, 4) is 21.7 Å². The van der Waals surface area contributed by atoms with Crippen molar-refractivity contribution < 1.29 is 9.90 Å². The summed E-state index contributed by atoms with van der Waals surface area (Å²) in [4.78, 5) is 16.5. The number of nitrogens with zero attached hydrogens (tertiary/aromatic N) is 2. The van der Waals surface area contributed by atoms with Gasteiger partial charge in [-0.05, 0) is 60.0 Å². The van der Waals surface area contributed by atoms with Gasteiger partial charge in [0.05, 0.1) is 28.0 Å². The van der Waals surface area contributed by atoms with Crippen LogP contribution in [0.2, 0.25) is 5.02 Å². The van der Waals surface area contributed by atoms with Crippen molar-refractivity contribution in [3.05, 3.63) is 64.7 Å². The Bertz CT molecular complexity index is 1330. The fourth-order valence-electron chi connectivity index (χ4n) is 3.91. The van der Waals surface area contributed by atoms with Crippen LogP contribution < -0.4 is 16.0 Å². The zero-order chi connectivity index (χ0) is 21.7. The Labute approximate surface area is 188 Å². The summed E-state index contributed by atoms with van der Waals surface area (Å²) in [5.41, 5.74) is 13.7. The van der Waals surface area contributed by atoms with Crippen LogP contribution in [0.25, 0.3) is 31.9 Å². The minimum Gasteiger partial charge on any atom is -0.481 e. The van der Waals surface area contributed by atoms with Gasteiger partial charge in [-0.3, -0.25) is 9.80 Å². The van der Waals surface area contributed by atoms with Gasteiger partial charge in [-0.15, -0.1) is 16.9 Å². The second kappa shape index (κ2) is 7.53. The van der Waals surface area contributed by atoms with Crippen LogP contribution >= 0.6 is 22.9 Å². The second-order valence-corrected chi connectivity index (χ2v) is 8.95. The van der Waals surface area contributed by atoms with Gasteiger partial charge in [0.1, 0.15) is 5.01 Å². The fraction of sp³-hybridized carbons (Fsp3) is 0.130. The Morgan fingerprint density at radius 1 is 1.16 bits per heavy atom. The van der Waals surface area contributed by atoms with Crippen molar-refractivity contribution in [1.82, 2.24) is 10.5 Å². The van der Waals surface area contributed by atoms with Crippen molar-refractivity contribution in [2.75, 3.05) is 17.5 Å². The SMILES string of the molecule is Cc1cc2nc(-c3ccc4c(c3)N(C)NN4)sc2c(-c2ccc(Cl)cc2)c1CC(=O)O. The van der Waals surface area contributed by atoms with E-state index in [1.54, 1.807) is 11.3 Å². The molecule has 0 radical (unpaired) electrons. The van der Waals surface area contributed by atoms with Crippen LogP contribution in [0, 0.1) is 6.92 Å². The Balaban J connectivity index is 1.73. The number of carboxylic acid groups (broad SMARTS) is 1. The van der Waals surface area contributed by atoms with Crippen molar-refractivity contribution in [2.24, 2.45) is 0 Å². The number of rotatable bonds is 4. The zero-order valence-electron chi connectivity index (χ0n) is 16.9. The summed E-state index contributed by atoms with van der Waals surface area (Å²) in [5, 5.41) is 13.0. The molecule has 31 heavy (non-hydrogen) atoms. The van der Waals surface area contributed by atoms with Crippen molar-refractivity contribution in [3.63, 3.8) is 0 Å². The third kappa shape index (κ3) is 3.50. The first-order valence-electron chi connectivity index (χ1n) is 9.71. The first-order valence-corrected chi connectivity index (χ1v) is 10.9. The van der Waals surface area contributed by atoms with Gasteiger partial charge in [0.15, 0.2) is 0 Å². The van der Waals surface area contributed by atoms with E-state index in [4.69, 9.17) is 16.6 Å². The molecule has 1 aliphatic rings. The van der Waals surface area contributed by atoms with Crippen LogP contribution in [0.4, 0.5) is 11.4 Å². The van der Waals surface area contributed by atoms with E-state index < -0.39 is 5.97 Å². The second-order valence-electron chi connectivity index (χ2n) is 7.52. The van der Waals surface area contributed by atoms with E-state index in [0.717, 1.165) is 54.4 Å². The number of benzene rings is 3. The van der Waals surface area contributed by atoms with E-state index in [1.807, 2.05) is 61.4 Å². The summed E-state index contributed by atoms with van der Waals surface area (Å²) >= 11 is 7.67. The summed E-state index contributed by atoms with van der Waals surface area (Å²) in [6.07, 6.45) is -0.0477. The third-order valence-corrected chi connectivity index (χ3v) is 6.83. The van der Waals surface area contributed by atoms with Crippen molar-refractivity contribution >= 4 is 50.5 Å². The maximum absolute atomic E-state index is 11.6. The molecule has 0 atom stereocenters. The summed E-state index contributed by atoms with van der Waals surface area (Å²) < 4.78 is 0.976. The molecule has 5 rings (SSSR count). The number of aromatic nitrogens is 1. The molecule has 0 amide bonds. The molecule has 0 fully saturated rings. The smallest absolute Gasteiger partial charge is 0.307 e. The molecule has 6 nitrogen and oxygen atoms in total. The first kappa shape index (κ1) is 19.8. The van der Waals surface area contributed by atoms with E-state index in [2.05, 4.69) is 17.0 Å². The van der Waals surface area contributed by atoms with Gasteiger partial charge < -0.3 is 10.5 Å². The largest absolute Gasteiger partial charge is 0.481 e. The van der Waals surface area contributed by atoms with Crippen LogP contribution in [0.3, 0.4) is 0 Å². The summed E-state index contributed by atoms with van der Waals surface area (Å²) in [6.45, 7) is 1.94. The van der Waals surface area contributed by atoms with Gasteiger partial charge in [0, 0.05) is 23.2 Å². The molecule has 1 aliphatic heterocycles. The van der Waals surface area contributed by atoms with Gasteiger partial charge >= 0.3 is 5.97 Å². The highest BCUT2D eigenvalue weighted by Gasteiger charge is 2.21. The molecule has 156 valence electrons. The Morgan fingerprint density at radius 2 is 1.90 bits per heavy atom. The van der Waals surface area contributed by atoms with Crippen LogP contribution in [0.15, 0.2) is 48.5 Å². The molecular formula is C23H19ClN4O2S. The first-order chi connectivity index (χ1) is 14.9. The number of aliphatic carboxylic acids is 1. The van der Waals surface area contributed by atoms with E-state index in [-0.39, 0.29) is 6.42 Å². The Hall–Kier alpha value is -3.13. The van der Waals surface area contributed by atoms with Gasteiger partial charge in [0.2, 0.25) is 0 Å². The number of carboxylic acids is 1. The number of thiazole rings is 1. The van der Waals surface area contributed by atoms with E-state index in [0.29, 0.717) is 5.02 Å². The molecule has 0 bridgehead atoms. The lowest BCUT2D eigenvalue weighted by Gasteiger charge is -2.13. The number of hydrazine groups is 2. The normalized spacial score (nSPS) is 12.8. The number of aryl methyl sites for hydroxylation is 1. The zero-order valence-corrected chi connectivity index (χ0v) is 18.4. The van der Waals surface area contributed by atoms with E-state index in [9.17, 15) is 9.90 Å². The highest BCUT2D eigenvalue weighted by Crippen LogP contribution is 2.42. The molecule has 4 aromatic rings. The summed E-state index contributed by atoms with van der Waals surface area (Å²) in [7, 11) is 1.95. The number of fused-ring (bicyclic) bond motifs is 2. The molecule has 2 heterocycles. The Kier molecular flexibility index (Phi) is 4.81. The molecule has 0 saturated carbocycles. The fourth-order valence-corrected chi connectivity index (χ4v) is 5.17. The quantitative estimate of drug-likeness (QED) is 0.381. The molecule has 1 aromatic heterocycles. The number of hydrogen-bond acceptors (Lipinski definition) is 6. The van der Waals surface area contributed by atoms with Crippen LogP contribution in [0.1, 0.15) is 11.1 Å². The van der Waals surface area contributed by atoms with Gasteiger partial charge in [-0.1, -0.05) is 23.7 Å². The molecule has 3 aromatic carbocycles. The van der Waals surface area contributed by atoms with E-state index >= 15 is 0 Å². The van der Waals surface area contributed by atoms with Crippen LogP contribution in [0.5, 0.6) is 0 Å². The minimum atomic E-state index is -0.857. The minimum absolute atomic E-state index is 0.0477. The average molecular weight is 451 g/mol. The lowest BCUT2D eigenvalue weighted by Crippen LogP contribution is -2.31. The molecular weight excluding hydrogens is 432 g/mol. The lowest BCUT2D eigenvalue weighted by molar-refractivity contribution is -0.136. The third-order valence-electron chi connectivity index (χ3n) is 5.44. The standard InChI is InChI=1S/C23H19ClN4O2S/c1-12-9-18-22(21(16(12)11-20(29)30)13-3-6-15(24)7-4-13)31-23(25-18)14-5-8-17-19(10-14)28(2)27-26-17/h3-10,26-27H,11H2,1-2H3,(H,29,30). The van der Waals surface area contributed by atoms with Crippen molar-refractivity contribution in [2.45, 2.75) is 13.3 Å². The van der Waals surface area contributed by atoms with Gasteiger partial charge in [-0.25, -0.2) is 4.98 Å². The van der Waals surface area contributed by atoms with E-state index in [1.165, 1.54) is 0 Å². The lowest BCUT2D eigenvalue weighted by atomic mass is 9.93. The number of halogens is 1. The highest BCUT2D eigenvalue weighted by molar-refractivity contribution is 7.22. The number of anilines is 2. The predicted molar refractivity (Wildman–Crippen MR) is 127 cm³/mol. The molecule has 0 saturated heterocycles. The highest BCUT2D eigenvalue weighted by atomic mass is 35.5. The number of hydrogen-bond donors (Lipinski definition) is 3. The van der Waals surface area contributed by atoms with Gasteiger partial charge in [0.25, 0.3) is 0 Å². The molecule has 0 unspecified atom stereocenters. The topological polar surface area (TPSA) is 77.5 Å². The summed E-state index contributed by atoms with van der Waals surface area (Å²) in [6, 6.07) is 15.7. The number of carbonyl (C=O) groups is 1. The maximum Gasteiger partial charge on any atom is 0.307 e. The Morgan fingerprint density at radius 3 is 2.65 bits per heavy atom. The molecule has 0 aliphatic carbocycles. The van der Waals surface area contributed by atoms with Gasteiger partial charge in [-0.2, -0.15) is 0 Å². The monoisotopic (exact) mass is 450 g/mol. The van der Waals surface area contributed by atoms with Crippen molar-refractivity contribution in [1.29, 1.82) is 0 Å². The molecule has 8 heteroatoms.